The van der Waals surface area contributed by atoms with Gasteiger partial charge in [0.15, 0.2) is 0 Å². The first-order valence-electron chi connectivity index (χ1n) is 6.76. The van der Waals surface area contributed by atoms with Crippen LogP contribution in [-0.2, 0) is 14.4 Å². The summed E-state index contributed by atoms with van der Waals surface area (Å²) in [6.07, 6.45) is 0.805. The van der Waals surface area contributed by atoms with Gasteiger partial charge in [-0.25, -0.2) is 0 Å². The summed E-state index contributed by atoms with van der Waals surface area (Å²) in [5.41, 5.74) is 9.68. The van der Waals surface area contributed by atoms with Crippen molar-refractivity contribution in [3.05, 3.63) is 0 Å². The summed E-state index contributed by atoms with van der Waals surface area (Å²) in [5, 5.41) is 43.7. The van der Waals surface area contributed by atoms with Crippen LogP contribution in [0.25, 0.3) is 0 Å². The quantitative estimate of drug-likeness (QED) is 0.252. The molecule has 3 unspecified atom stereocenters. The van der Waals surface area contributed by atoms with Gasteiger partial charge in [-0.05, 0) is 26.3 Å². The Balaban J connectivity index is 0. The minimum atomic E-state index is -1.18. The van der Waals surface area contributed by atoms with E-state index in [9.17, 15) is 14.4 Å². The molecule has 1 rings (SSSR count). The monoisotopic (exact) mass is 339 g/mol. The predicted octanol–water partition coefficient (Wildman–Crippen LogP) is -3.01. The van der Waals surface area contributed by atoms with Gasteiger partial charge in [-0.1, -0.05) is 0 Å². The molecule has 0 spiro atoms. The molecule has 0 aromatic heterocycles. The number of nitrogens with one attached hydrogen (secondary N) is 1. The average Bonchev–Trinajstić information content (AvgIpc) is 3.01. The van der Waals surface area contributed by atoms with E-state index in [2.05, 4.69) is 5.32 Å². The van der Waals surface area contributed by atoms with Gasteiger partial charge in [0, 0.05) is 0 Å². The molecule has 11 heteroatoms. The van der Waals surface area contributed by atoms with Crippen LogP contribution in [0, 0.1) is 0 Å². The molecule has 4 atom stereocenters. The van der Waals surface area contributed by atoms with E-state index in [1.807, 2.05) is 0 Å². The molecule has 0 aromatic carbocycles. The number of rotatable bonds is 5. The van der Waals surface area contributed by atoms with Gasteiger partial charge >= 0.3 is 17.9 Å². The zero-order valence-electron chi connectivity index (χ0n) is 12.8. The third kappa shape index (κ3) is 12.4. The summed E-state index contributed by atoms with van der Waals surface area (Å²) in [6.45, 7) is 1.69. The smallest absolute Gasteiger partial charge is 0.323 e. The Morgan fingerprint density at radius 1 is 1.17 bits per heavy atom. The number of carbonyl (C=O) groups is 3. The maximum absolute atomic E-state index is 10.1. The summed E-state index contributed by atoms with van der Waals surface area (Å²) in [7, 11) is 0. The maximum Gasteiger partial charge on any atom is 0.323 e. The van der Waals surface area contributed by atoms with Crippen LogP contribution in [0.2, 0.25) is 0 Å². The van der Waals surface area contributed by atoms with Crippen molar-refractivity contribution < 1.29 is 39.9 Å². The van der Waals surface area contributed by atoms with Crippen molar-refractivity contribution in [1.29, 1.82) is 0 Å². The largest absolute Gasteiger partial charge is 0.480 e. The first-order valence-corrected chi connectivity index (χ1v) is 6.76. The average molecular weight is 339 g/mol. The lowest BCUT2D eigenvalue weighted by atomic mass is 10.2. The van der Waals surface area contributed by atoms with Crippen molar-refractivity contribution in [3.63, 3.8) is 0 Å². The van der Waals surface area contributed by atoms with E-state index in [1.54, 1.807) is 0 Å². The van der Waals surface area contributed by atoms with Crippen LogP contribution in [0.3, 0.4) is 0 Å². The van der Waals surface area contributed by atoms with Gasteiger partial charge in [0.1, 0.15) is 18.1 Å². The van der Waals surface area contributed by atoms with E-state index < -0.39 is 42.7 Å². The first-order chi connectivity index (χ1) is 10.5. The van der Waals surface area contributed by atoms with Crippen molar-refractivity contribution in [2.45, 2.75) is 44.0 Å². The topological polar surface area (TPSA) is 216 Å². The van der Waals surface area contributed by atoms with Crippen molar-refractivity contribution >= 4 is 17.9 Å². The maximum atomic E-state index is 10.1. The van der Waals surface area contributed by atoms with Crippen molar-refractivity contribution in [2.24, 2.45) is 11.5 Å². The zero-order valence-corrected chi connectivity index (χ0v) is 12.8. The number of aliphatic carboxylic acids is 3. The highest BCUT2D eigenvalue weighted by molar-refractivity contribution is 5.74. The Morgan fingerprint density at radius 3 is 1.78 bits per heavy atom. The number of nitrogens with two attached hydrogens (primary N) is 2. The van der Waals surface area contributed by atoms with Crippen LogP contribution in [0.5, 0.6) is 0 Å². The van der Waals surface area contributed by atoms with Gasteiger partial charge < -0.3 is 42.3 Å². The molecule has 0 amide bonds. The lowest BCUT2D eigenvalue weighted by molar-refractivity contribution is -0.141. The minimum Gasteiger partial charge on any atom is -0.480 e. The first kappa shape index (κ1) is 23.5. The Morgan fingerprint density at radius 2 is 1.70 bits per heavy atom. The fourth-order valence-electron chi connectivity index (χ4n) is 1.18. The highest BCUT2D eigenvalue weighted by Gasteiger charge is 2.20. The standard InChI is InChI=1S/C5H9NO2.C4H9NO3.C3H7NO3/c7-5(8)4-2-1-3-6-4;1-2(6)3(5)4(7)8;4-2(1-5)3(6)7/h4,6H,1-3H2,(H,7,8);2-3,6H,5H2,1H3,(H,7,8);2,5H,1,4H2,(H,6,7)/t4-;;/m0../s1. The molecule has 11 nitrogen and oxygen atoms in total. The Bertz CT molecular complexity index is 359. The fraction of sp³-hybridized carbons (Fsp3) is 0.750. The van der Waals surface area contributed by atoms with Gasteiger partial charge in [0.2, 0.25) is 0 Å². The molecular weight excluding hydrogens is 314 g/mol. The summed E-state index contributed by atoms with van der Waals surface area (Å²) in [6, 6.07) is -2.55. The molecular formula is C12H25N3O8. The number of carboxylic acid groups (broad SMARTS) is 3. The summed E-state index contributed by atoms with van der Waals surface area (Å²) in [4.78, 5) is 29.6. The molecule has 1 heterocycles. The molecule has 0 radical (unpaired) electrons. The Hall–Kier alpha value is -1.79. The predicted molar refractivity (Wildman–Crippen MR) is 78.6 cm³/mol. The second-order valence-electron chi connectivity index (χ2n) is 4.72. The summed E-state index contributed by atoms with van der Waals surface area (Å²) in [5.74, 6) is -3.08. The number of aliphatic hydroxyl groups excluding tert-OH is 2. The van der Waals surface area contributed by atoms with Crippen LogP contribution in [-0.4, -0.2) is 80.8 Å². The van der Waals surface area contributed by atoms with Crippen LogP contribution in [0.1, 0.15) is 19.8 Å². The van der Waals surface area contributed by atoms with Gasteiger partial charge in [0.05, 0.1) is 12.7 Å². The van der Waals surface area contributed by atoms with Crippen LogP contribution < -0.4 is 16.8 Å². The third-order valence-electron chi connectivity index (χ3n) is 2.68. The summed E-state index contributed by atoms with van der Waals surface area (Å²) >= 11 is 0. The fourth-order valence-corrected chi connectivity index (χ4v) is 1.18. The van der Waals surface area contributed by atoms with E-state index in [4.69, 9.17) is 37.0 Å². The van der Waals surface area contributed by atoms with Gasteiger partial charge in [0.25, 0.3) is 0 Å². The highest BCUT2D eigenvalue weighted by atomic mass is 16.4. The zero-order chi connectivity index (χ0) is 18.6. The van der Waals surface area contributed by atoms with Gasteiger partial charge in [-0.3, -0.25) is 14.4 Å². The Labute approximate surface area is 132 Å². The second-order valence-corrected chi connectivity index (χ2v) is 4.72. The molecule has 23 heavy (non-hydrogen) atoms. The lowest BCUT2D eigenvalue weighted by Crippen LogP contribution is -2.39. The van der Waals surface area contributed by atoms with E-state index in [-0.39, 0.29) is 6.04 Å². The molecule has 0 aliphatic carbocycles. The number of aliphatic hydroxyl groups is 2. The molecule has 1 aliphatic heterocycles. The SMILES string of the molecule is CC(O)C(N)C(=O)O.NC(CO)C(=O)O.O=C(O)[C@@H]1CCCN1. The highest BCUT2D eigenvalue weighted by Crippen LogP contribution is 2.03. The van der Waals surface area contributed by atoms with Crippen molar-refractivity contribution in [2.75, 3.05) is 13.2 Å². The van der Waals surface area contributed by atoms with Crippen LogP contribution in [0.4, 0.5) is 0 Å². The van der Waals surface area contributed by atoms with E-state index in [0.717, 1.165) is 19.4 Å². The number of hydrogen-bond acceptors (Lipinski definition) is 8. The minimum absolute atomic E-state index is 0.269. The van der Waals surface area contributed by atoms with E-state index >= 15 is 0 Å². The van der Waals surface area contributed by atoms with Gasteiger partial charge in [-0.15, -0.1) is 0 Å². The second kappa shape index (κ2) is 12.7. The molecule has 136 valence electrons. The van der Waals surface area contributed by atoms with E-state index in [0.29, 0.717) is 0 Å². The normalized spacial score (nSPS) is 20.0. The molecule has 10 N–H and O–H groups in total. The lowest BCUT2D eigenvalue weighted by Gasteiger charge is -2.06. The number of carboxylic acids is 3. The molecule has 1 aliphatic rings. The summed E-state index contributed by atoms with van der Waals surface area (Å²) < 4.78 is 0. The number of hydrogen-bond donors (Lipinski definition) is 8. The molecule has 0 bridgehead atoms. The molecule has 0 saturated carbocycles. The molecule has 1 saturated heterocycles. The Kier molecular flexibility index (Phi) is 13.0. The van der Waals surface area contributed by atoms with Crippen molar-refractivity contribution in [3.8, 4) is 0 Å². The van der Waals surface area contributed by atoms with Crippen molar-refractivity contribution in [1.82, 2.24) is 5.32 Å². The van der Waals surface area contributed by atoms with E-state index in [1.165, 1.54) is 6.92 Å². The molecule has 0 aromatic rings. The van der Waals surface area contributed by atoms with Crippen LogP contribution >= 0.6 is 0 Å². The third-order valence-corrected chi connectivity index (χ3v) is 2.68. The van der Waals surface area contributed by atoms with Crippen LogP contribution in [0.15, 0.2) is 0 Å². The van der Waals surface area contributed by atoms with Gasteiger partial charge in [-0.2, -0.15) is 0 Å². The molecule has 1 fully saturated rings.